The van der Waals surface area contributed by atoms with Gasteiger partial charge in [0.15, 0.2) is 0 Å². The minimum absolute atomic E-state index is 0.00466. The molecule has 7 heteroatoms. The highest BCUT2D eigenvalue weighted by atomic mass is 35.5. The normalized spacial score (nSPS) is 10.9. The van der Waals surface area contributed by atoms with E-state index in [-0.39, 0.29) is 12.5 Å². The van der Waals surface area contributed by atoms with Gasteiger partial charge >= 0.3 is 0 Å². The number of rotatable bonds is 7. The van der Waals surface area contributed by atoms with Crippen LogP contribution in [0.1, 0.15) is 10.6 Å². The number of thiazole rings is 1. The van der Waals surface area contributed by atoms with Crippen LogP contribution in [0.3, 0.4) is 0 Å². The number of carbonyl (C=O) groups is 1. The molecule has 0 radical (unpaired) electrons. The first kappa shape index (κ1) is 18.6. The summed E-state index contributed by atoms with van der Waals surface area (Å²) in [5, 5.41) is 1.46. The smallest absolute Gasteiger partial charge is 0.248 e. The predicted octanol–water partition coefficient (Wildman–Crippen LogP) is 4.13. The van der Waals surface area contributed by atoms with Gasteiger partial charge in [0.25, 0.3) is 0 Å². The fourth-order valence-electron chi connectivity index (χ4n) is 2.53. The molecule has 0 N–H and O–H groups in total. The van der Waals surface area contributed by atoms with E-state index in [1.165, 1.54) is 0 Å². The molecule has 0 spiro atoms. The Kier molecular flexibility index (Phi) is 6.08. The van der Waals surface area contributed by atoms with Crippen LogP contribution in [0.4, 0.5) is 0 Å². The highest BCUT2D eigenvalue weighted by Crippen LogP contribution is 2.24. The third-order valence-electron chi connectivity index (χ3n) is 3.86. The lowest BCUT2D eigenvalue weighted by molar-refractivity contribution is -0.135. The van der Waals surface area contributed by atoms with Crippen molar-refractivity contribution in [1.29, 1.82) is 0 Å². The van der Waals surface area contributed by atoms with Gasteiger partial charge < -0.3 is 14.4 Å². The number of methoxy groups -OCH3 is 1. The third kappa shape index (κ3) is 4.52. The van der Waals surface area contributed by atoms with Crippen LogP contribution < -0.4 is 4.74 Å². The molecule has 3 aromatic rings. The van der Waals surface area contributed by atoms with Gasteiger partial charge in [-0.3, -0.25) is 4.79 Å². The molecule has 0 fully saturated rings. The Balaban J connectivity index is 1.53. The van der Waals surface area contributed by atoms with Crippen LogP contribution in [0.25, 0.3) is 10.2 Å². The largest absolute Gasteiger partial charge is 0.496 e. The maximum absolute atomic E-state index is 12.3. The zero-order valence-electron chi connectivity index (χ0n) is 14.6. The summed E-state index contributed by atoms with van der Waals surface area (Å²) in [4.78, 5) is 18.4. The van der Waals surface area contributed by atoms with Gasteiger partial charge in [-0.1, -0.05) is 23.7 Å². The molecule has 5 nitrogen and oxygen atoms in total. The van der Waals surface area contributed by atoms with Gasteiger partial charge in [-0.2, -0.15) is 0 Å². The van der Waals surface area contributed by atoms with E-state index >= 15 is 0 Å². The molecule has 0 aliphatic rings. The van der Waals surface area contributed by atoms with Crippen LogP contribution in [0.2, 0.25) is 5.02 Å². The number of nitrogens with zero attached hydrogens (tertiary/aromatic N) is 2. The lowest BCUT2D eigenvalue weighted by atomic mass is 10.2. The summed E-state index contributed by atoms with van der Waals surface area (Å²) >= 11 is 7.61. The molecule has 0 saturated carbocycles. The number of likely N-dealkylation sites (N-methyl/N-ethyl adjacent to an activating group) is 1. The van der Waals surface area contributed by atoms with Crippen LogP contribution in [0, 0.1) is 0 Å². The Morgan fingerprint density at radius 3 is 2.85 bits per heavy atom. The lowest BCUT2D eigenvalue weighted by Crippen LogP contribution is -2.30. The molecular weight excluding hydrogens is 372 g/mol. The topological polar surface area (TPSA) is 51.7 Å². The van der Waals surface area contributed by atoms with E-state index in [4.69, 9.17) is 21.1 Å². The lowest BCUT2D eigenvalue weighted by Gasteiger charge is -2.19. The number of fused-ring (bicyclic) bond motifs is 1. The minimum atomic E-state index is -0.117. The molecule has 26 heavy (non-hydrogen) atoms. The van der Waals surface area contributed by atoms with Crippen molar-refractivity contribution in [1.82, 2.24) is 9.88 Å². The molecule has 1 amide bonds. The van der Waals surface area contributed by atoms with E-state index in [1.54, 1.807) is 48.6 Å². The maximum atomic E-state index is 12.3. The van der Waals surface area contributed by atoms with Gasteiger partial charge in [-0.05, 0) is 30.3 Å². The van der Waals surface area contributed by atoms with E-state index in [9.17, 15) is 4.79 Å². The van der Waals surface area contributed by atoms with Crippen molar-refractivity contribution in [3.05, 3.63) is 58.1 Å². The van der Waals surface area contributed by atoms with Crippen LogP contribution in [-0.2, 0) is 22.7 Å². The summed E-state index contributed by atoms with van der Waals surface area (Å²) in [7, 11) is 3.32. The van der Waals surface area contributed by atoms with Gasteiger partial charge in [-0.25, -0.2) is 4.98 Å². The van der Waals surface area contributed by atoms with Crippen molar-refractivity contribution in [2.24, 2.45) is 0 Å². The first-order valence-electron chi connectivity index (χ1n) is 8.05. The molecular formula is C19H19ClN2O3S. The number of hydrogen-bond donors (Lipinski definition) is 0. The highest BCUT2D eigenvalue weighted by Gasteiger charge is 2.13. The predicted molar refractivity (Wildman–Crippen MR) is 104 cm³/mol. The first-order chi connectivity index (χ1) is 12.6. The van der Waals surface area contributed by atoms with E-state index in [0.29, 0.717) is 23.9 Å². The molecule has 1 aromatic heterocycles. The quantitative estimate of drug-likeness (QED) is 0.608. The second-order valence-electron chi connectivity index (χ2n) is 5.77. The monoisotopic (exact) mass is 390 g/mol. The summed E-state index contributed by atoms with van der Waals surface area (Å²) in [6.45, 7) is 0.710. The molecule has 2 aromatic carbocycles. The standard InChI is InChI=1S/C19H19ClN2O3S/c1-22(10-13-9-14(20)7-8-16(13)24-2)19(23)12-25-11-18-21-15-5-3-4-6-17(15)26-18/h3-9H,10-12H2,1-2H3. The van der Waals surface area contributed by atoms with Crippen molar-refractivity contribution < 1.29 is 14.3 Å². The van der Waals surface area contributed by atoms with Crippen LogP contribution in [0.5, 0.6) is 5.75 Å². The number of carbonyl (C=O) groups excluding carboxylic acids is 1. The molecule has 0 aliphatic carbocycles. The van der Waals surface area contributed by atoms with Crippen molar-refractivity contribution in [3.63, 3.8) is 0 Å². The molecule has 136 valence electrons. The van der Waals surface area contributed by atoms with Gasteiger partial charge in [-0.15, -0.1) is 11.3 Å². The molecule has 0 unspecified atom stereocenters. The van der Waals surface area contributed by atoms with E-state index in [1.807, 2.05) is 24.3 Å². The van der Waals surface area contributed by atoms with E-state index in [0.717, 1.165) is 20.8 Å². The number of para-hydroxylation sites is 1. The number of ether oxygens (including phenoxy) is 2. The Labute approximate surface area is 161 Å². The Bertz CT molecular complexity index is 880. The summed E-state index contributed by atoms with van der Waals surface area (Å²) < 4.78 is 12.0. The van der Waals surface area contributed by atoms with E-state index in [2.05, 4.69) is 4.98 Å². The minimum Gasteiger partial charge on any atom is -0.496 e. The molecule has 0 bridgehead atoms. The zero-order valence-corrected chi connectivity index (χ0v) is 16.1. The van der Waals surface area contributed by atoms with Crippen molar-refractivity contribution in [2.75, 3.05) is 20.8 Å². The van der Waals surface area contributed by atoms with Crippen molar-refractivity contribution in [3.8, 4) is 5.75 Å². The average Bonchev–Trinajstić information content (AvgIpc) is 3.04. The summed E-state index contributed by atoms with van der Waals surface area (Å²) in [5.74, 6) is 0.581. The Morgan fingerprint density at radius 1 is 1.27 bits per heavy atom. The van der Waals surface area contributed by atoms with Gasteiger partial charge in [0, 0.05) is 24.2 Å². The second-order valence-corrected chi connectivity index (χ2v) is 7.33. The Morgan fingerprint density at radius 2 is 2.08 bits per heavy atom. The van der Waals surface area contributed by atoms with Crippen LogP contribution >= 0.6 is 22.9 Å². The molecule has 0 saturated heterocycles. The fraction of sp³-hybridized carbons (Fsp3) is 0.263. The number of benzene rings is 2. The SMILES string of the molecule is COc1ccc(Cl)cc1CN(C)C(=O)COCc1nc2ccccc2s1. The third-order valence-corrected chi connectivity index (χ3v) is 5.11. The Hall–Kier alpha value is -2.15. The summed E-state index contributed by atoms with van der Waals surface area (Å²) in [5.41, 5.74) is 1.80. The van der Waals surface area contributed by atoms with Gasteiger partial charge in [0.05, 0.1) is 23.9 Å². The first-order valence-corrected chi connectivity index (χ1v) is 9.25. The summed E-state index contributed by atoms with van der Waals surface area (Å²) in [6, 6.07) is 13.3. The van der Waals surface area contributed by atoms with Crippen LogP contribution in [0.15, 0.2) is 42.5 Å². The van der Waals surface area contributed by atoms with Gasteiger partial charge in [0.2, 0.25) is 5.91 Å². The summed E-state index contributed by atoms with van der Waals surface area (Å²) in [6.07, 6.45) is 0. The van der Waals surface area contributed by atoms with Gasteiger partial charge in [0.1, 0.15) is 17.4 Å². The number of hydrogen-bond acceptors (Lipinski definition) is 5. The molecule has 3 rings (SSSR count). The number of aromatic nitrogens is 1. The van der Waals surface area contributed by atoms with E-state index < -0.39 is 0 Å². The van der Waals surface area contributed by atoms with Crippen LogP contribution in [-0.4, -0.2) is 36.6 Å². The zero-order chi connectivity index (χ0) is 18.5. The molecule has 0 aliphatic heterocycles. The maximum Gasteiger partial charge on any atom is 0.248 e. The van der Waals surface area contributed by atoms with Crippen molar-refractivity contribution >= 4 is 39.1 Å². The average molecular weight is 391 g/mol. The fourth-order valence-corrected chi connectivity index (χ4v) is 3.63. The highest BCUT2D eigenvalue weighted by molar-refractivity contribution is 7.18. The molecule has 0 atom stereocenters. The molecule has 1 heterocycles. The number of halogens is 1. The number of amides is 1. The van der Waals surface area contributed by atoms with Crippen molar-refractivity contribution in [2.45, 2.75) is 13.2 Å². The second kappa shape index (κ2) is 8.49.